The van der Waals surface area contributed by atoms with Crippen LogP contribution in [0.1, 0.15) is 16.0 Å². The molecule has 9 heteroatoms. The van der Waals surface area contributed by atoms with Gasteiger partial charge in [0, 0.05) is 22.4 Å². The first-order chi connectivity index (χ1) is 15.1. The summed E-state index contributed by atoms with van der Waals surface area (Å²) in [6.45, 7) is 1.97. The number of thiophene rings is 1. The molecule has 0 unspecified atom stereocenters. The van der Waals surface area contributed by atoms with E-state index in [0.29, 0.717) is 28.8 Å². The standard InChI is InChI=1S/C22H18N6O2S/c1-14-4-6-15(7-5-14)18-10-16(9-17-3-2-8-31-17)21(29)28(26-18)13-27-12-25-20-19(22(27)30)23-11-24-20/h2-8,10-12H,9,13H2,1H3,(H,23,24). The molecule has 0 aliphatic heterocycles. The van der Waals surface area contributed by atoms with Crippen molar-refractivity contribution in [2.45, 2.75) is 20.0 Å². The molecular formula is C22H18N6O2S. The molecule has 5 rings (SSSR count). The number of hydrogen-bond acceptors (Lipinski definition) is 6. The highest BCUT2D eigenvalue weighted by Gasteiger charge is 2.13. The van der Waals surface area contributed by atoms with Gasteiger partial charge in [-0.25, -0.2) is 14.6 Å². The van der Waals surface area contributed by atoms with E-state index in [4.69, 9.17) is 0 Å². The molecule has 0 atom stereocenters. The minimum Gasteiger partial charge on any atom is -0.339 e. The normalized spacial score (nSPS) is 11.3. The molecule has 0 fully saturated rings. The summed E-state index contributed by atoms with van der Waals surface area (Å²) in [4.78, 5) is 38.0. The Labute approximate surface area is 180 Å². The zero-order valence-corrected chi connectivity index (χ0v) is 17.5. The second-order valence-corrected chi connectivity index (χ2v) is 8.28. The predicted octanol–water partition coefficient (Wildman–Crippen LogP) is 2.81. The van der Waals surface area contributed by atoms with Gasteiger partial charge in [0.15, 0.2) is 11.2 Å². The molecule has 0 aliphatic rings. The number of aryl methyl sites for hydroxylation is 1. The van der Waals surface area contributed by atoms with E-state index in [9.17, 15) is 9.59 Å². The molecule has 4 aromatic heterocycles. The monoisotopic (exact) mass is 430 g/mol. The Kier molecular flexibility index (Phi) is 4.79. The number of fused-ring (bicyclic) bond motifs is 1. The van der Waals surface area contributed by atoms with Crippen molar-refractivity contribution in [1.82, 2.24) is 29.3 Å². The summed E-state index contributed by atoms with van der Waals surface area (Å²) in [5.74, 6) is 0. The highest BCUT2D eigenvalue weighted by atomic mass is 32.1. The number of aromatic amines is 1. The number of hydrogen-bond donors (Lipinski definition) is 1. The molecule has 5 aromatic rings. The summed E-state index contributed by atoms with van der Waals surface area (Å²) in [7, 11) is 0. The quantitative estimate of drug-likeness (QED) is 0.462. The van der Waals surface area contributed by atoms with E-state index in [0.717, 1.165) is 16.0 Å². The maximum absolute atomic E-state index is 13.2. The van der Waals surface area contributed by atoms with E-state index in [1.54, 1.807) is 11.3 Å². The fourth-order valence-corrected chi connectivity index (χ4v) is 4.12. The van der Waals surface area contributed by atoms with Crippen LogP contribution in [0.2, 0.25) is 0 Å². The van der Waals surface area contributed by atoms with E-state index in [-0.39, 0.29) is 17.8 Å². The van der Waals surface area contributed by atoms with E-state index in [2.05, 4.69) is 20.1 Å². The molecule has 0 saturated carbocycles. The Morgan fingerprint density at radius 1 is 1.06 bits per heavy atom. The summed E-state index contributed by atoms with van der Waals surface area (Å²) in [6, 6.07) is 13.8. The van der Waals surface area contributed by atoms with E-state index in [1.807, 2.05) is 54.8 Å². The molecule has 31 heavy (non-hydrogen) atoms. The number of benzene rings is 1. The van der Waals surface area contributed by atoms with Crippen molar-refractivity contribution >= 4 is 22.5 Å². The number of aromatic nitrogens is 6. The number of rotatable bonds is 5. The Bertz CT molecular complexity index is 1480. The lowest BCUT2D eigenvalue weighted by molar-refractivity contribution is 0.504. The molecule has 154 valence electrons. The average molecular weight is 430 g/mol. The molecule has 0 amide bonds. The Morgan fingerprint density at radius 3 is 2.68 bits per heavy atom. The minimum atomic E-state index is -0.309. The third-order valence-electron chi connectivity index (χ3n) is 5.04. The van der Waals surface area contributed by atoms with Crippen LogP contribution in [0, 0.1) is 6.92 Å². The van der Waals surface area contributed by atoms with Crippen LogP contribution in [-0.2, 0) is 13.1 Å². The number of H-pyrrole nitrogens is 1. The average Bonchev–Trinajstić information content (AvgIpc) is 3.45. The zero-order valence-electron chi connectivity index (χ0n) is 16.6. The van der Waals surface area contributed by atoms with Crippen molar-refractivity contribution in [3.63, 3.8) is 0 Å². The smallest absolute Gasteiger partial charge is 0.280 e. The van der Waals surface area contributed by atoms with Crippen molar-refractivity contribution < 1.29 is 0 Å². The SMILES string of the molecule is Cc1ccc(-c2cc(Cc3cccs3)c(=O)n(Cn3cnc4nc[nH]c4c3=O)n2)cc1. The van der Waals surface area contributed by atoms with Crippen LogP contribution < -0.4 is 11.1 Å². The van der Waals surface area contributed by atoms with Crippen LogP contribution in [0.15, 0.2) is 70.1 Å². The van der Waals surface area contributed by atoms with Crippen LogP contribution in [0.4, 0.5) is 0 Å². The van der Waals surface area contributed by atoms with Crippen molar-refractivity contribution in [2.24, 2.45) is 0 Å². The van der Waals surface area contributed by atoms with Crippen LogP contribution in [0.25, 0.3) is 22.4 Å². The molecule has 1 aromatic carbocycles. The van der Waals surface area contributed by atoms with Gasteiger partial charge < -0.3 is 4.98 Å². The van der Waals surface area contributed by atoms with Gasteiger partial charge in [-0.2, -0.15) is 5.10 Å². The van der Waals surface area contributed by atoms with Crippen LogP contribution in [0.3, 0.4) is 0 Å². The second kappa shape index (κ2) is 7.77. The number of imidazole rings is 1. The highest BCUT2D eigenvalue weighted by Crippen LogP contribution is 2.19. The molecular weight excluding hydrogens is 412 g/mol. The fourth-order valence-electron chi connectivity index (χ4n) is 3.39. The molecule has 0 aliphatic carbocycles. The third kappa shape index (κ3) is 3.71. The van der Waals surface area contributed by atoms with Crippen LogP contribution >= 0.6 is 11.3 Å². The first-order valence-corrected chi connectivity index (χ1v) is 10.6. The van der Waals surface area contributed by atoms with Gasteiger partial charge in [0.05, 0.1) is 12.0 Å². The van der Waals surface area contributed by atoms with Crippen molar-refractivity contribution in [3.8, 4) is 11.3 Å². The van der Waals surface area contributed by atoms with Crippen molar-refractivity contribution in [1.29, 1.82) is 0 Å². The van der Waals surface area contributed by atoms with Gasteiger partial charge in [-0.3, -0.25) is 14.2 Å². The van der Waals surface area contributed by atoms with Gasteiger partial charge >= 0.3 is 0 Å². The van der Waals surface area contributed by atoms with Gasteiger partial charge in [0.25, 0.3) is 11.1 Å². The molecule has 0 radical (unpaired) electrons. The molecule has 0 bridgehead atoms. The molecule has 4 heterocycles. The summed E-state index contributed by atoms with van der Waals surface area (Å²) in [5.41, 5.74) is 3.43. The highest BCUT2D eigenvalue weighted by molar-refractivity contribution is 7.09. The van der Waals surface area contributed by atoms with Gasteiger partial charge in [-0.1, -0.05) is 35.9 Å². The molecule has 0 spiro atoms. The van der Waals surface area contributed by atoms with E-state index < -0.39 is 0 Å². The lowest BCUT2D eigenvalue weighted by Gasteiger charge is -2.12. The Balaban J connectivity index is 1.63. The largest absolute Gasteiger partial charge is 0.339 e. The van der Waals surface area contributed by atoms with Gasteiger partial charge in [-0.05, 0) is 24.4 Å². The van der Waals surface area contributed by atoms with Gasteiger partial charge in [0.2, 0.25) is 0 Å². The van der Waals surface area contributed by atoms with Crippen molar-refractivity contribution in [2.75, 3.05) is 0 Å². The van der Waals surface area contributed by atoms with E-state index in [1.165, 1.54) is 21.9 Å². The lowest BCUT2D eigenvalue weighted by atomic mass is 10.1. The van der Waals surface area contributed by atoms with Crippen LogP contribution in [0.5, 0.6) is 0 Å². The molecule has 0 saturated heterocycles. The summed E-state index contributed by atoms with van der Waals surface area (Å²) >= 11 is 1.60. The lowest BCUT2D eigenvalue weighted by Crippen LogP contribution is -2.33. The van der Waals surface area contributed by atoms with Gasteiger partial charge in [-0.15, -0.1) is 11.3 Å². The van der Waals surface area contributed by atoms with Crippen molar-refractivity contribution in [3.05, 3.63) is 97.2 Å². The zero-order chi connectivity index (χ0) is 21.4. The molecule has 1 N–H and O–H groups in total. The van der Waals surface area contributed by atoms with Crippen LogP contribution in [-0.4, -0.2) is 29.3 Å². The minimum absolute atomic E-state index is 0.0449. The summed E-state index contributed by atoms with van der Waals surface area (Å²) in [5, 5.41) is 6.55. The second-order valence-electron chi connectivity index (χ2n) is 7.24. The Hall–Kier alpha value is -3.85. The first kappa shape index (κ1) is 19.1. The maximum Gasteiger partial charge on any atom is 0.280 e. The first-order valence-electron chi connectivity index (χ1n) is 9.67. The maximum atomic E-state index is 13.2. The fraction of sp³-hybridized carbons (Fsp3) is 0.136. The molecule has 8 nitrogen and oxygen atoms in total. The topological polar surface area (TPSA) is 98.5 Å². The summed E-state index contributed by atoms with van der Waals surface area (Å²) < 4.78 is 2.67. The predicted molar refractivity (Wildman–Crippen MR) is 119 cm³/mol. The third-order valence-corrected chi connectivity index (χ3v) is 5.92. The van der Waals surface area contributed by atoms with E-state index >= 15 is 0 Å². The number of nitrogens with zero attached hydrogens (tertiary/aromatic N) is 5. The summed E-state index contributed by atoms with van der Waals surface area (Å²) in [6.07, 6.45) is 3.31. The Morgan fingerprint density at radius 2 is 1.90 bits per heavy atom. The van der Waals surface area contributed by atoms with Gasteiger partial charge in [0.1, 0.15) is 13.0 Å². The number of nitrogens with one attached hydrogen (secondary N) is 1.